The third kappa shape index (κ3) is 5.30. The lowest BCUT2D eigenvalue weighted by atomic mass is 10.2. The van der Waals surface area contributed by atoms with Gasteiger partial charge in [0.05, 0.1) is 0 Å². The molecule has 2 N–H and O–H groups in total. The van der Waals surface area contributed by atoms with Crippen molar-refractivity contribution in [3.63, 3.8) is 0 Å². The lowest BCUT2D eigenvalue weighted by Gasteiger charge is -2.17. The Morgan fingerprint density at radius 1 is 1.32 bits per heavy atom. The summed E-state index contributed by atoms with van der Waals surface area (Å²) < 4.78 is 5.74. The van der Waals surface area contributed by atoms with Crippen LogP contribution in [0.5, 0.6) is 5.75 Å². The lowest BCUT2D eigenvalue weighted by Crippen LogP contribution is -2.36. The van der Waals surface area contributed by atoms with Crippen LogP contribution in [0.3, 0.4) is 0 Å². The van der Waals surface area contributed by atoms with Crippen molar-refractivity contribution in [3.8, 4) is 5.75 Å². The molecule has 106 valence electrons. The Hall–Kier alpha value is -1.55. The molecule has 1 atom stereocenters. The molecule has 1 unspecified atom stereocenters. The number of rotatable bonds is 8. The monoisotopic (exact) mass is 264 g/mol. The van der Waals surface area contributed by atoms with E-state index in [1.165, 1.54) is 0 Å². The number of amides is 1. The summed E-state index contributed by atoms with van der Waals surface area (Å²) in [5.41, 5.74) is 1.08. The summed E-state index contributed by atoms with van der Waals surface area (Å²) in [6.07, 6.45) is 0.616. The van der Waals surface area contributed by atoms with Gasteiger partial charge in [-0.1, -0.05) is 25.1 Å². The topological polar surface area (TPSA) is 50.4 Å². The zero-order valence-corrected chi connectivity index (χ0v) is 12.0. The second kappa shape index (κ2) is 8.53. The van der Waals surface area contributed by atoms with E-state index in [4.69, 9.17) is 4.74 Å². The fraction of sp³-hybridized carbons (Fsp3) is 0.533. The van der Waals surface area contributed by atoms with Gasteiger partial charge < -0.3 is 15.4 Å². The van der Waals surface area contributed by atoms with Gasteiger partial charge in [-0.3, -0.25) is 4.79 Å². The zero-order chi connectivity index (χ0) is 14.1. The molecular formula is C15H24N2O2. The van der Waals surface area contributed by atoms with Crippen molar-refractivity contribution >= 4 is 5.91 Å². The zero-order valence-electron chi connectivity index (χ0n) is 12.0. The summed E-state index contributed by atoms with van der Waals surface area (Å²) in [6.45, 7) is 8.14. The fourth-order valence-electron chi connectivity index (χ4n) is 1.73. The molecule has 4 nitrogen and oxygen atoms in total. The summed E-state index contributed by atoms with van der Waals surface area (Å²) in [4.78, 5) is 11.7. The van der Waals surface area contributed by atoms with E-state index in [1.807, 2.05) is 31.2 Å². The van der Waals surface area contributed by atoms with Gasteiger partial charge in [0, 0.05) is 18.7 Å². The van der Waals surface area contributed by atoms with E-state index in [0.29, 0.717) is 6.54 Å². The van der Waals surface area contributed by atoms with Crippen molar-refractivity contribution in [3.05, 3.63) is 29.8 Å². The molecule has 0 spiro atoms. The number of carbonyl (C=O) groups excluding carboxylic acids is 1. The van der Waals surface area contributed by atoms with Crippen LogP contribution in [0.2, 0.25) is 0 Å². The molecule has 0 bridgehead atoms. The second-order valence-electron chi connectivity index (χ2n) is 4.44. The molecule has 0 aliphatic carbocycles. The smallest absolute Gasteiger partial charge is 0.260 e. The normalized spacial score (nSPS) is 11.9. The van der Waals surface area contributed by atoms with Crippen molar-refractivity contribution in [2.45, 2.75) is 39.8 Å². The second-order valence-corrected chi connectivity index (χ2v) is 4.44. The maximum Gasteiger partial charge on any atom is 0.260 e. The number of para-hydroxylation sites is 1. The van der Waals surface area contributed by atoms with E-state index >= 15 is 0 Å². The number of ether oxygens (including phenoxy) is 1. The van der Waals surface area contributed by atoms with Crippen molar-refractivity contribution in [2.24, 2.45) is 0 Å². The fourth-order valence-corrected chi connectivity index (χ4v) is 1.73. The Balaban J connectivity index is 2.63. The molecule has 1 aromatic carbocycles. The predicted molar refractivity (Wildman–Crippen MR) is 77.2 cm³/mol. The van der Waals surface area contributed by atoms with E-state index in [2.05, 4.69) is 17.6 Å². The van der Waals surface area contributed by atoms with Gasteiger partial charge in [-0.25, -0.2) is 0 Å². The minimum Gasteiger partial charge on any atom is -0.481 e. The Morgan fingerprint density at radius 2 is 2.05 bits per heavy atom. The van der Waals surface area contributed by atoms with E-state index < -0.39 is 6.10 Å². The average Bonchev–Trinajstić information content (AvgIpc) is 2.41. The molecule has 0 radical (unpaired) electrons. The first-order valence-electron chi connectivity index (χ1n) is 6.92. The van der Waals surface area contributed by atoms with Crippen LogP contribution in [0.1, 0.15) is 32.8 Å². The molecule has 4 heteroatoms. The lowest BCUT2D eigenvalue weighted by molar-refractivity contribution is -0.127. The van der Waals surface area contributed by atoms with E-state index in [1.54, 1.807) is 6.92 Å². The van der Waals surface area contributed by atoms with E-state index in [0.717, 1.165) is 30.8 Å². The molecule has 1 rings (SSSR count). The number of benzene rings is 1. The largest absolute Gasteiger partial charge is 0.481 e. The van der Waals surface area contributed by atoms with Crippen LogP contribution in [0.15, 0.2) is 24.3 Å². The number of hydrogen-bond donors (Lipinski definition) is 2. The van der Waals surface area contributed by atoms with Gasteiger partial charge in [-0.05, 0) is 32.9 Å². The number of nitrogens with one attached hydrogen (secondary N) is 2. The minimum absolute atomic E-state index is 0.0844. The third-order valence-electron chi connectivity index (χ3n) is 2.74. The van der Waals surface area contributed by atoms with Gasteiger partial charge in [-0.15, -0.1) is 0 Å². The van der Waals surface area contributed by atoms with Crippen LogP contribution in [0.25, 0.3) is 0 Å². The third-order valence-corrected chi connectivity index (χ3v) is 2.74. The highest BCUT2D eigenvalue weighted by atomic mass is 16.5. The van der Waals surface area contributed by atoms with Gasteiger partial charge in [0.25, 0.3) is 5.91 Å². The molecule has 0 saturated heterocycles. The first-order chi connectivity index (χ1) is 9.19. The van der Waals surface area contributed by atoms with Gasteiger partial charge in [-0.2, -0.15) is 0 Å². The molecule has 0 fully saturated rings. The van der Waals surface area contributed by atoms with E-state index in [-0.39, 0.29) is 5.91 Å². The standard InChI is InChI=1S/C15H24N2O2/c1-4-10-16-11-13-8-6-7-9-14(13)19-12(3)15(18)17-5-2/h6-9,12,16H,4-5,10-11H2,1-3H3,(H,17,18). The first kappa shape index (κ1) is 15.5. The molecule has 0 heterocycles. The molecule has 1 aromatic rings. The summed E-state index contributed by atoms with van der Waals surface area (Å²) in [5, 5.41) is 6.10. The quantitative estimate of drug-likeness (QED) is 0.707. The predicted octanol–water partition coefficient (Wildman–Crippen LogP) is 2.09. The molecule has 0 aromatic heterocycles. The maximum absolute atomic E-state index is 11.7. The van der Waals surface area contributed by atoms with Crippen LogP contribution in [-0.2, 0) is 11.3 Å². The van der Waals surface area contributed by atoms with Crippen molar-refractivity contribution in [1.82, 2.24) is 10.6 Å². The molecule has 0 aliphatic heterocycles. The maximum atomic E-state index is 11.7. The van der Waals surface area contributed by atoms with Crippen molar-refractivity contribution in [2.75, 3.05) is 13.1 Å². The molecule has 19 heavy (non-hydrogen) atoms. The molecule has 0 saturated carbocycles. The highest BCUT2D eigenvalue weighted by Gasteiger charge is 2.14. The number of hydrogen-bond acceptors (Lipinski definition) is 3. The van der Waals surface area contributed by atoms with Crippen LogP contribution in [0.4, 0.5) is 0 Å². The van der Waals surface area contributed by atoms with Crippen molar-refractivity contribution in [1.29, 1.82) is 0 Å². The van der Waals surface area contributed by atoms with Gasteiger partial charge in [0.15, 0.2) is 6.10 Å². The highest BCUT2D eigenvalue weighted by molar-refractivity contribution is 5.80. The number of carbonyl (C=O) groups is 1. The van der Waals surface area contributed by atoms with Crippen LogP contribution in [-0.4, -0.2) is 25.1 Å². The average molecular weight is 264 g/mol. The summed E-state index contributed by atoms with van der Waals surface area (Å²) in [5.74, 6) is 0.684. The number of likely N-dealkylation sites (N-methyl/N-ethyl adjacent to an activating group) is 1. The summed E-state index contributed by atoms with van der Waals surface area (Å²) >= 11 is 0. The Morgan fingerprint density at radius 3 is 2.74 bits per heavy atom. The Labute approximate surface area is 115 Å². The van der Waals surface area contributed by atoms with Crippen molar-refractivity contribution < 1.29 is 9.53 Å². The Kier molecular flexibility index (Phi) is 6.97. The Bertz CT molecular complexity index is 393. The SMILES string of the molecule is CCCNCc1ccccc1OC(C)C(=O)NCC. The van der Waals surface area contributed by atoms with Gasteiger partial charge >= 0.3 is 0 Å². The van der Waals surface area contributed by atoms with Gasteiger partial charge in [0.1, 0.15) is 5.75 Å². The van der Waals surface area contributed by atoms with E-state index in [9.17, 15) is 4.79 Å². The van der Waals surface area contributed by atoms with Gasteiger partial charge in [0.2, 0.25) is 0 Å². The molecule has 0 aliphatic rings. The van der Waals surface area contributed by atoms with Crippen LogP contribution >= 0.6 is 0 Å². The van der Waals surface area contributed by atoms with Crippen LogP contribution in [0, 0.1) is 0 Å². The molecule has 1 amide bonds. The molecular weight excluding hydrogens is 240 g/mol. The summed E-state index contributed by atoms with van der Waals surface area (Å²) in [6, 6.07) is 7.82. The highest BCUT2D eigenvalue weighted by Crippen LogP contribution is 2.19. The summed E-state index contributed by atoms with van der Waals surface area (Å²) in [7, 11) is 0. The minimum atomic E-state index is -0.479. The first-order valence-corrected chi connectivity index (χ1v) is 6.92. The van der Waals surface area contributed by atoms with Crippen LogP contribution < -0.4 is 15.4 Å².